The summed E-state index contributed by atoms with van der Waals surface area (Å²) in [6.07, 6.45) is 4.24. The Hall–Kier alpha value is -1.37. The van der Waals surface area contributed by atoms with E-state index in [1.165, 1.54) is 0 Å². The summed E-state index contributed by atoms with van der Waals surface area (Å²) >= 11 is 0. The lowest BCUT2D eigenvalue weighted by Crippen LogP contribution is -2.67. The molecule has 6 nitrogen and oxygen atoms in total. The van der Waals surface area contributed by atoms with Gasteiger partial charge in [-0.25, -0.2) is 0 Å². The van der Waals surface area contributed by atoms with Crippen LogP contribution in [-0.4, -0.2) is 62.0 Å². The van der Waals surface area contributed by atoms with Crippen LogP contribution >= 0.6 is 0 Å². The van der Waals surface area contributed by atoms with Crippen LogP contribution in [0.2, 0.25) is 0 Å². The van der Waals surface area contributed by atoms with Crippen molar-refractivity contribution in [2.24, 2.45) is 5.92 Å². The number of furan rings is 1. The van der Waals surface area contributed by atoms with Crippen molar-refractivity contribution in [1.82, 2.24) is 4.90 Å². The van der Waals surface area contributed by atoms with Gasteiger partial charge in [0.05, 0.1) is 19.2 Å². The number of nitrogens with zero attached hydrogens (tertiary/aromatic N) is 1. The summed E-state index contributed by atoms with van der Waals surface area (Å²) in [5.74, 6) is 1.74. The average Bonchev–Trinajstić information content (AvgIpc) is 3.05. The second-order valence-corrected chi connectivity index (χ2v) is 7.61. The van der Waals surface area contributed by atoms with Crippen LogP contribution in [0.25, 0.3) is 0 Å². The largest absolute Gasteiger partial charge is 0.456 e. The summed E-state index contributed by atoms with van der Waals surface area (Å²) < 4.78 is 23.0. The average molecular weight is 349 g/mol. The number of hydrogen-bond donors (Lipinski definition) is 0. The van der Waals surface area contributed by atoms with Gasteiger partial charge in [-0.05, 0) is 44.2 Å². The third-order valence-electron chi connectivity index (χ3n) is 5.55. The lowest BCUT2D eigenvalue weighted by Gasteiger charge is -2.52. The predicted octanol–water partition coefficient (Wildman–Crippen LogP) is 2.40. The highest BCUT2D eigenvalue weighted by molar-refractivity contribution is 5.92. The third-order valence-corrected chi connectivity index (χ3v) is 5.55. The zero-order chi connectivity index (χ0) is 17.3. The van der Waals surface area contributed by atoms with Gasteiger partial charge >= 0.3 is 0 Å². The van der Waals surface area contributed by atoms with Crippen molar-refractivity contribution >= 4 is 5.91 Å². The Bertz CT molecular complexity index is 601. The minimum atomic E-state index is -0.226. The monoisotopic (exact) mass is 349 g/mol. The lowest BCUT2D eigenvalue weighted by molar-refractivity contribution is -0.189. The lowest BCUT2D eigenvalue weighted by atomic mass is 9.84. The van der Waals surface area contributed by atoms with Crippen LogP contribution in [0.4, 0.5) is 0 Å². The quantitative estimate of drug-likeness (QED) is 0.835. The third kappa shape index (κ3) is 3.76. The van der Waals surface area contributed by atoms with E-state index in [0.717, 1.165) is 51.3 Å². The number of likely N-dealkylation sites (tertiary alicyclic amines) is 1. The van der Waals surface area contributed by atoms with E-state index in [9.17, 15) is 4.79 Å². The molecule has 4 rings (SSSR count). The van der Waals surface area contributed by atoms with Crippen molar-refractivity contribution in [1.29, 1.82) is 0 Å². The molecule has 138 valence electrons. The number of ether oxygens (including phenoxy) is 3. The molecule has 3 saturated heterocycles. The Morgan fingerprint density at radius 3 is 2.76 bits per heavy atom. The fourth-order valence-corrected chi connectivity index (χ4v) is 4.03. The molecular formula is C19H27NO5. The SMILES string of the molecule is Cc1ccc(C(=O)N2CC3(C[C@H](OCC4CCOCC4)CCO3)C2)o1. The van der Waals surface area contributed by atoms with Crippen molar-refractivity contribution in [3.63, 3.8) is 0 Å². The van der Waals surface area contributed by atoms with E-state index in [2.05, 4.69) is 0 Å². The topological polar surface area (TPSA) is 61.1 Å². The van der Waals surface area contributed by atoms with Crippen molar-refractivity contribution < 1.29 is 23.4 Å². The van der Waals surface area contributed by atoms with Crippen LogP contribution in [0.1, 0.15) is 42.0 Å². The predicted molar refractivity (Wildman–Crippen MR) is 90.5 cm³/mol. The van der Waals surface area contributed by atoms with E-state index in [1.807, 2.05) is 13.0 Å². The van der Waals surface area contributed by atoms with E-state index in [-0.39, 0.29) is 17.6 Å². The second kappa shape index (κ2) is 7.09. The van der Waals surface area contributed by atoms with Crippen molar-refractivity contribution in [2.45, 2.75) is 44.3 Å². The van der Waals surface area contributed by atoms with Gasteiger partial charge in [0.15, 0.2) is 5.76 Å². The molecule has 0 radical (unpaired) electrons. The first-order chi connectivity index (χ1) is 12.1. The normalized spacial score (nSPS) is 26.6. The molecule has 0 unspecified atom stereocenters. The van der Waals surface area contributed by atoms with Gasteiger partial charge in [-0.15, -0.1) is 0 Å². The molecule has 1 aromatic heterocycles. The smallest absolute Gasteiger partial charge is 0.289 e. The Morgan fingerprint density at radius 2 is 2.04 bits per heavy atom. The van der Waals surface area contributed by atoms with Gasteiger partial charge in [-0.1, -0.05) is 0 Å². The molecule has 3 fully saturated rings. The first-order valence-corrected chi connectivity index (χ1v) is 9.33. The van der Waals surface area contributed by atoms with Crippen molar-refractivity contribution in [3.8, 4) is 0 Å². The molecule has 0 bridgehead atoms. The highest BCUT2D eigenvalue weighted by Crippen LogP contribution is 2.36. The van der Waals surface area contributed by atoms with Gasteiger partial charge in [0.2, 0.25) is 0 Å². The maximum Gasteiger partial charge on any atom is 0.289 e. The summed E-state index contributed by atoms with van der Waals surface area (Å²) in [7, 11) is 0. The molecule has 1 atom stereocenters. The number of aryl methyl sites for hydroxylation is 1. The summed E-state index contributed by atoms with van der Waals surface area (Å²) in [6, 6.07) is 3.56. The van der Waals surface area contributed by atoms with Crippen LogP contribution in [0.15, 0.2) is 16.5 Å². The minimum absolute atomic E-state index is 0.0485. The molecule has 6 heteroatoms. The molecule has 0 N–H and O–H groups in total. The highest BCUT2D eigenvalue weighted by Gasteiger charge is 2.50. The van der Waals surface area contributed by atoms with Gasteiger partial charge in [0.25, 0.3) is 5.91 Å². The fourth-order valence-electron chi connectivity index (χ4n) is 4.03. The van der Waals surface area contributed by atoms with Gasteiger partial charge in [0.1, 0.15) is 11.4 Å². The van der Waals surface area contributed by atoms with E-state index in [0.29, 0.717) is 31.4 Å². The van der Waals surface area contributed by atoms with Crippen LogP contribution in [0.5, 0.6) is 0 Å². The molecule has 1 aromatic rings. The van der Waals surface area contributed by atoms with Crippen LogP contribution in [0, 0.1) is 12.8 Å². The molecule has 0 saturated carbocycles. The molecule has 1 spiro atoms. The van der Waals surface area contributed by atoms with Crippen LogP contribution < -0.4 is 0 Å². The maximum absolute atomic E-state index is 12.4. The summed E-state index contributed by atoms with van der Waals surface area (Å²) in [6.45, 7) is 6.34. The van der Waals surface area contributed by atoms with Crippen molar-refractivity contribution in [2.75, 3.05) is 39.5 Å². The first-order valence-electron chi connectivity index (χ1n) is 9.33. The van der Waals surface area contributed by atoms with Crippen LogP contribution in [0.3, 0.4) is 0 Å². The Kier molecular flexibility index (Phi) is 4.84. The number of carbonyl (C=O) groups is 1. The summed E-state index contributed by atoms with van der Waals surface area (Å²) in [4.78, 5) is 14.2. The van der Waals surface area contributed by atoms with Gasteiger partial charge < -0.3 is 23.5 Å². The fraction of sp³-hybridized carbons (Fsp3) is 0.737. The maximum atomic E-state index is 12.4. The molecule has 25 heavy (non-hydrogen) atoms. The van der Waals surface area contributed by atoms with E-state index < -0.39 is 0 Å². The van der Waals surface area contributed by atoms with Crippen molar-refractivity contribution in [3.05, 3.63) is 23.7 Å². The van der Waals surface area contributed by atoms with Crippen LogP contribution in [-0.2, 0) is 14.2 Å². The number of carbonyl (C=O) groups excluding carboxylic acids is 1. The Labute approximate surface area is 148 Å². The second-order valence-electron chi connectivity index (χ2n) is 7.61. The molecule has 0 aliphatic carbocycles. The Balaban J connectivity index is 1.26. The zero-order valence-electron chi connectivity index (χ0n) is 14.9. The first kappa shape index (κ1) is 17.1. The van der Waals surface area contributed by atoms with E-state index >= 15 is 0 Å². The van der Waals surface area contributed by atoms with E-state index in [4.69, 9.17) is 18.6 Å². The standard InChI is InChI=1S/C19H27NO5/c1-14-2-3-17(25-14)18(21)20-12-19(13-20)10-16(6-9-24-19)23-11-15-4-7-22-8-5-15/h2-3,15-16H,4-13H2,1H3/t16-/m1/s1. The van der Waals surface area contributed by atoms with Gasteiger partial charge in [0, 0.05) is 32.8 Å². The number of amides is 1. The zero-order valence-corrected chi connectivity index (χ0v) is 14.9. The van der Waals surface area contributed by atoms with Gasteiger partial charge in [-0.2, -0.15) is 0 Å². The molecule has 4 heterocycles. The molecule has 0 aromatic carbocycles. The Morgan fingerprint density at radius 1 is 1.24 bits per heavy atom. The summed E-state index contributed by atoms with van der Waals surface area (Å²) in [5, 5.41) is 0. The molecular weight excluding hydrogens is 322 g/mol. The molecule has 1 amide bonds. The van der Waals surface area contributed by atoms with E-state index in [1.54, 1.807) is 11.0 Å². The molecule has 3 aliphatic rings. The summed E-state index contributed by atoms with van der Waals surface area (Å²) in [5.41, 5.74) is -0.226. The minimum Gasteiger partial charge on any atom is -0.456 e. The number of hydrogen-bond acceptors (Lipinski definition) is 5. The van der Waals surface area contributed by atoms with Gasteiger partial charge in [-0.3, -0.25) is 4.79 Å². The highest BCUT2D eigenvalue weighted by atomic mass is 16.5. The molecule has 3 aliphatic heterocycles. The number of rotatable bonds is 4.